The third kappa shape index (κ3) is 23.3. The van der Waals surface area contributed by atoms with Crippen LogP contribution < -0.4 is 37.0 Å². The van der Waals surface area contributed by atoms with E-state index in [1.165, 1.54) is 12.1 Å². The molecule has 22 heteroatoms. The highest BCUT2D eigenvalue weighted by molar-refractivity contribution is 7.90. The molecule has 5 atom stereocenters. The predicted molar refractivity (Wildman–Crippen MR) is 305 cm³/mol. The number of guanidine groups is 1. The molecule has 0 unspecified atom stereocenters. The lowest BCUT2D eigenvalue weighted by Gasteiger charge is -2.28. The van der Waals surface area contributed by atoms with Crippen LogP contribution in [0.1, 0.15) is 114 Å². The van der Waals surface area contributed by atoms with Crippen molar-refractivity contribution in [3.63, 3.8) is 0 Å². The maximum Gasteiger partial charge on any atom is 0.408 e. The van der Waals surface area contributed by atoms with Crippen LogP contribution >= 0.6 is 0 Å². The van der Waals surface area contributed by atoms with Crippen molar-refractivity contribution in [1.29, 1.82) is 0 Å². The Kier molecular flexibility index (Phi) is 25.2. The summed E-state index contributed by atoms with van der Waals surface area (Å²) < 4.78 is 45.8. The number of phenols is 1. The zero-order chi connectivity index (χ0) is 60.0. The number of carbonyl (C=O) groups is 7. The average molecular weight is 1140 g/mol. The van der Waals surface area contributed by atoms with Gasteiger partial charge in [0.25, 0.3) is 10.0 Å². The summed E-state index contributed by atoms with van der Waals surface area (Å²) >= 11 is 0. The van der Waals surface area contributed by atoms with Crippen molar-refractivity contribution in [3.05, 3.63) is 130 Å². The Morgan fingerprint density at radius 3 is 1.62 bits per heavy atom. The number of nitrogens with zero attached hydrogens (tertiary/aromatic N) is 1. The molecule has 0 radical (unpaired) electrons. The number of benzene rings is 4. The van der Waals surface area contributed by atoms with Gasteiger partial charge in [-0.2, -0.15) is 0 Å². The highest BCUT2D eigenvalue weighted by Gasteiger charge is 2.35. The van der Waals surface area contributed by atoms with Gasteiger partial charge in [0.2, 0.25) is 29.6 Å². The first-order chi connectivity index (χ1) is 38.1. The van der Waals surface area contributed by atoms with Crippen LogP contribution in [0, 0.1) is 32.6 Å². The van der Waals surface area contributed by atoms with E-state index in [1.54, 1.807) is 133 Å². The molecule has 21 nitrogen and oxygen atoms in total. The van der Waals surface area contributed by atoms with Gasteiger partial charge in [0, 0.05) is 13.0 Å². The average Bonchev–Trinajstić information content (AvgIpc) is 3.40. The van der Waals surface area contributed by atoms with Gasteiger partial charge in [0.05, 0.1) is 11.3 Å². The standard InChI is InChI=1S/C59H80N8O13S/c1-36(2)28-46(63-55(73)48(33-50(69)78-34-42-18-13-11-14-19-42)64-54(72)47(29-37(3)4)66-58(75)80-59(8,9)10)53(71)62-45(22-17-27-61-57(60)67-81(76,77)51-39(6)30-38(5)31-40(51)7)52(70)65-49(32-41-23-25-44(68)26-24-41)56(74)79-35-43-20-15-12-16-21-43/h11-16,18-21,23-26,30-31,36-37,45-49,68H,17,22,27-29,32-35H2,1-10H3,(H,62,71)(H,63,73)(H,64,72)(H,65,70)(H,66,75)(H3,60,61,67)/t45-,46-,47-,48+,49-/m0/s1. The van der Waals surface area contributed by atoms with Crippen molar-refractivity contribution in [2.45, 2.75) is 162 Å². The van der Waals surface area contributed by atoms with Gasteiger partial charge in [0.15, 0.2) is 0 Å². The maximum absolute atomic E-state index is 14.6. The predicted octanol–water partition coefficient (Wildman–Crippen LogP) is 5.73. The topological polar surface area (TPSA) is 312 Å². The molecular formula is C59H80N8O13S. The van der Waals surface area contributed by atoms with Crippen molar-refractivity contribution < 1.29 is 61.3 Å². The number of sulfonamides is 1. The quantitative estimate of drug-likeness (QED) is 0.0111. The van der Waals surface area contributed by atoms with Crippen LogP contribution in [0.2, 0.25) is 0 Å². The van der Waals surface area contributed by atoms with Crippen molar-refractivity contribution in [2.75, 3.05) is 6.54 Å². The molecule has 81 heavy (non-hydrogen) atoms. The Hall–Kier alpha value is -8.01. The Balaban J connectivity index is 1.67. The van der Waals surface area contributed by atoms with E-state index in [0.29, 0.717) is 27.8 Å². The van der Waals surface area contributed by atoms with Crippen molar-refractivity contribution in [3.8, 4) is 5.75 Å². The number of aromatic hydroxyl groups is 1. The van der Waals surface area contributed by atoms with Gasteiger partial charge in [-0.25, -0.2) is 22.7 Å². The van der Waals surface area contributed by atoms with Crippen molar-refractivity contribution >= 4 is 57.6 Å². The minimum atomic E-state index is -4.17. The van der Waals surface area contributed by atoms with Crippen LogP contribution in [0.25, 0.3) is 0 Å². The number of aryl methyl sites for hydroxylation is 3. The lowest BCUT2D eigenvalue weighted by Crippen LogP contribution is -2.59. The van der Waals surface area contributed by atoms with Gasteiger partial charge in [-0.3, -0.25) is 29.0 Å². The van der Waals surface area contributed by atoms with E-state index in [-0.39, 0.29) is 74.3 Å². The first-order valence-corrected chi connectivity index (χ1v) is 28.4. The number of alkyl carbamates (subject to hydrolysis) is 1. The van der Waals surface area contributed by atoms with Crippen LogP contribution in [0.4, 0.5) is 4.79 Å². The van der Waals surface area contributed by atoms with E-state index in [1.807, 2.05) is 20.8 Å². The number of hydrogen-bond acceptors (Lipinski definition) is 14. The lowest BCUT2D eigenvalue weighted by atomic mass is 10.0. The normalized spacial score (nSPS) is 13.6. The number of nitrogens with one attached hydrogen (secondary N) is 6. The van der Waals surface area contributed by atoms with Crippen LogP contribution in [0.5, 0.6) is 5.75 Å². The number of phenolic OH excluding ortho intramolecular Hbond substituents is 1. The summed E-state index contributed by atoms with van der Waals surface area (Å²) in [6.45, 7) is 16.9. The molecule has 4 rings (SSSR count). The summed E-state index contributed by atoms with van der Waals surface area (Å²) in [6, 6.07) is 20.0. The molecule has 0 aliphatic carbocycles. The molecule has 440 valence electrons. The maximum atomic E-state index is 14.6. The monoisotopic (exact) mass is 1140 g/mol. The smallest absolute Gasteiger partial charge is 0.408 e. The van der Waals surface area contributed by atoms with E-state index >= 15 is 0 Å². The fourth-order valence-electron chi connectivity index (χ4n) is 8.58. The molecule has 0 aliphatic rings. The Morgan fingerprint density at radius 2 is 1.09 bits per heavy atom. The highest BCUT2D eigenvalue weighted by atomic mass is 32.2. The van der Waals surface area contributed by atoms with E-state index in [0.717, 1.165) is 5.56 Å². The summed E-state index contributed by atoms with van der Waals surface area (Å²) in [6.07, 6.45) is -1.74. The number of amides is 5. The molecule has 4 aromatic carbocycles. The zero-order valence-corrected chi connectivity index (χ0v) is 48.7. The molecule has 0 fully saturated rings. The van der Waals surface area contributed by atoms with Crippen LogP contribution in [0.3, 0.4) is 0 Å². The molecule has 0 saturated heterocycles. The molecule has 0 spiro atoms. The molecule has 0 saturated carbocycles. The molecule has 0 bridgehead atoms. The van der Waals surface area contributed by atoms with Gasteiger partial charge in [-0.1, -0.05) is 118 Å². The van der Waals surface area contributed by atoms with E-state index < -0.39 is 99.9 Å². The number of rotatable bonds is 28. The molecule has 5 amide bonds. The minimum Gasteiger partial charge on any atom is -0.508 e. The number of hydrogen-bond donors (Lipinski definition) is 8. The first-order valence-electron chi connectivity index (χ1n) is 26.9. The molecular weight excluding hydrogens is 1060 g/mol. The summed E-state index contributed by atoms with van der Waals surface area (Å²) in [5.41, 5.74) is 8.94. The highest BCUT2D eigenvalue weighted by Crippen LogP contribution is 2.22. The van der Waals surface area contributed by atoms with Gasteiger partial charge in [0.1, 0.15) is 54.8 Å². The number of ether oxygens (including phenoxy) is 3. The molecule has 0 aliphatic heterocycles. The number of nitrogens with two attached hydrogens (primary N) is 1. The Bertz CT molecular complexity index is 2890. The third-order valence-electron chi connectivity index (χ3n) is 12.2. The summed E-state index contributed by atoms with van der Waals surface area (Å²) in [5, 5.41) is 23.2. The third-order valence-corrected chi connectivity index (χ3v) is 13.8. The number of carbonyl (C=O) groups excluding carboxylic acids is 7. The van der Waals surface area contributed by atoms with Crippen molar-refractivity contribution in [1.82, 2.24) is 31.3 Å². The van der Waals surface area contributed by atoms with Gasteiger partial charge >= 0.3 is 18.0 Å². The molecule has 4 aromatic rings. The largest absolute Gasteiger partial charge is 0.508 e. The second kappa shape index (κ2) is 31.1. The fraction of sp³-hybridized carbons (Fsp3) is 0.458. The second-order valence-electron chi connectivity index (χ2n) is 21.8. The van der Waals surface area contributed by atoms with Crippen LogP contribution in [-0.4, -0.2) is 103 Å². The summed E-state index contributed by atoms with van der Waals surface area (Å²) in [4.78, 5) is 102. The van der Waals surface area contributed by atoms with Crippen LogP contribution in [-0.2, 0) is 72.6 Å². The fourth-order valence-corrected chi connectivity index (χ4v) is 9.99. The molecule has 0 heterocycles. The Labute approximate surface area is 475 Å². The van der Waals surface area contributed by atoms with Crippen molar-refractivity contribution in [2.24, 2.45) is 22.6 Å². The summed E-state index contributed by atoms with van der Waals surface area (Å²) in [7, 11) is -4.17. The number of aliphatic imine (C=N–C) groups is 1. The first kappa shape index (κ1) is 65.5. The van der Waals surface area contributed by atoms with E-state index in [4.69, 9.17) is 19.9 Å². The molecule has 0 aromatic heterocycles. The SMILES string of the molecule is Cc1cc(C)c(S(=O)(=O)NC(N)=NCCC[C@H](NC(=O)[C@H](CC(C)C)NC(=O)[C@@H](CC(=O)OCc2ccccc2)NC(=O)[C@H](CC(C)C)NC(=O)OC(C)(C)C)C(=O)N[C@@H](Cc2ccc(O)cc2)C(=O)OCc2ccccc2)c(C)c1. The zero-order valence-electron chi connectivity index (χ0n) is 47.9. The molecule has 9 N–H and O–H groups in total. The summed E-state index contributed by atoms with van der Waals surface area (Å²) in [5.74, 6) is -6.07. The van der Waals surface area contributed by atoms with Crippen LogP contribution in [0.15, 0.2) is 107 Å². The Morgan fingerprint density at radius 1 is 0.617 bits per heavy atom. The van der Waals surface area contributed by atoms with Gasteiger partial charge in [-0.05, 0) is 119 Å². The van der Waals surface area contributed by atoms with Gasteiger partial charge < -0.3 is 51.6 Å². The van der Waals surface area contributed by atoms with E-state index in [9.17, 15) is 47.1 Å². The van der Waals surface area contributed by atoms with E-state index in [2.05, 4.69) is 36.3 Å². The number of esters is 2. The lowest BCUT2D eigenvalue weighted by molar-refractivity contribution is -0.149. The minimum absolute atomic E-state index is 0.0136. The van der Waals surface area contributed by atoms with Gasteiger partial charge in [-0.15, -0.1) is 0 Å². The second-order valence-corrected chi connectivity index (χ2v) is 23.4.